The van der Waals surface area contributed by atoms with Crippen molar-refractivity contribution in [3.05, 3.63) is 35.0 Å². The SMILES string of the molecule is CC(=O)[C@@]12CC(=O)N1C(N)=C(C(=O)O)S2.c1ccc2c(c1)O2. The zero-order chi connectivity index (χ0) is 16.1. The molecule has 0 aliphatic carbocycles. The second kappa shape index (κ2) is 4.77. The number of benzene rings is 1. The van der Waals surface area contributed by atoms with Crippen LogP contribution < -0.4 is 10.5 Å². The maximum absolute atomic E-state index is 11.4. The molecule has 1 saturated heterocycles. The van der Waals surface area contributed by atoms with Crippen molar-refractivity contribution in [2.45, 2.75) is 18.2 Å². The lowest BCUT2D eigenvalue weighted by Crippen LogP contribution is -2.63. The number of ketones is 1. The van der Waals surface area contributed by atoms with Crippen molar-refractivity contribution in [2.75, 3.05) is 0 Å². The molecule has 0 saturated carbocycles. The van der Waals surface area contributed by atoms with E-state index in [0.717, 1.165) is 28.2 Å². The van der Waals surface area contributed by atoms with Crippen molar-refractivity contribution in [1.82, 2.24) is 4.90 Å². The molecule has 1 amide bonds. The summed E-state index contributed by atoms with van der Waals surface area (Å²) in [5.41, 5.74) is 5.51. The van der Waals surface area contributed by atoms with E-state index in [-0.39, 0.29) is 28.8 Å². The Balaban J connectivity index is 0.000000169. The van der Waals surface area contributed by atoms with Gasteiger partial charge in [-0.1, -0.05) is 23.9 Å². The smallest absolute Gasteiger partial charge is 0.346 e. The first kappa shape index (κ1) is 14.5. The number of aliphatic carboxylic acids is 1. The number of hydrogen-bond donors (Lipinski definition) is 2. The van der Waals surface area contributed by atoms with Crippen LogP contribution in [-0.4, -0.2) is 32.5 Å². The molecule has 0 aromatic heterocycles. The molecule has 8 heteroatoms. The molecule has 3 aliphatic heterocycles. The van der Waals surface area contributed by atoms with Crippen LogP contribution in [0.2, 0.25) is 0 Å². The van der Waals surface area contributed by atoms with Gasteiger partial charge in [0.25, 0.3) is 0 Å². The Labute approximate surface area is 129 Å². The number of carbonyl (C=O) groups is 3. The Bertz CT molecular complexity index is 724. The van der Waals surface area contributed by atoms with E-state index in [2.05, 4.69) is 0 Å². The number of nitrogens with two attached hydrogens (primary N) is 1. The molecule has 0 spiro atoms. The maximum Gasteiger partial charge on any atom is 0.346 e. The third kappa shape index (κ3) is 2.03. The van der Waals surface area contributed by atoms with Crippen LogP contribution in [0.1, 0.15) is 13.3 Å². The molecule has 4 rings (SSSR count). The lowest BCUT2D eigenvalue weighted by Gasteiger charge is -2.44. The number of carbonyl (C=O) groups excluding carboxylic acids is 2. The number of para-hydroxylation sites is 2. The third-order valence-electron chi connectivity index (χ3n) is 3.52. The molecule has 3 heterocycles. The Morgan fingerprint density at radius 2 is 1.95 bits per heavy atom. The third-order valence-corrected chi connectivity index (χ3v) is 5.06. The van der Waals surface area contributed by atoms with E-state index < -0.39 is 10.8 Å². The fraction of sp³-hybridized carbons (Fsp3) is 0.214. The predicted octanol–water partition coefficient (Wildman–Crippen LogP) is 1.26. The van der Waals surface area contributed by atoms with Gasteiger partial charge in [-0.05, 0) is 19.1 Å². The molecule has 1 atom stereocenters. The van der Waals surface area contributed by atoms with Gasteiger partial charge in [-0.15, -0.1) is 0 Å². The Morgan fingerprint density at radius 1 is 1.36 bits per heavy atom. The van der Waals surface area contributed by atoms with Gasteiger partial charge < -0.3 is 15.6 Å². The van der Waals surface area contributed by atoms with Crippen LogP contribution in [0.15, 0.2) is 35.0 Å². The van der Waals surface area contributed by atoms with Crippen LogP contribution in [0.3, 0.4) is 0 Å². The molecule has 114 valence electrons. The maximum atomic E-state index is 11.4. The summed E-state index contributed by atoms with van der Waals surface area (Å²) < 4.78 is 4.94. The highest BCUT2D eigenvalue weighted by atomic mass is 32.2. The first-order valence-electron chi connectivity index (χ1n) is 6.40. The van der Waals surface area contributed by atoms with Crippen LogP contribution in [0.5, 0.6) is 11.5 Å². The van der Waals surface area contributed by atoms with Crippen molar-refractivity contribution < 1.29 is 24.2 Å². The van der Waals surface area contributed by atoms with Gasteiger partial charge in [0, 0.05) is 0 Å². The first-order valence-corrected chi connectivity index (χ1v) is 7.21. The number of Topliss-reactive ketones (excluding diaryl/α,β-unsaturated/α-hetero) is 1. The van der Waals surface area contributed by atoms with Gasteiger partial charge in [-0.2, -0.15) is 0 Å². The zero-order valence-corrected chi connectivity index (χ0v) is 12.3. The molecule has 0 bridgehead atoms. The first-order chi connectivity index (χ1) is 10.4. The molecule has 0 unspecified atom stereocenters. The van der Waals surface area contributed by atoms with E-state index in [9.17, 15) is 14.4 Å². The summed E-state index contributed by atoms with van der Waals surface area (Å²) >= 11 is 0.847. The van der Waals surface area contributed by atoms with Crippen molar-refractivity contribution in [2.24, 2.45) is 5.73 Å². The van der Waals surface area contributed by atoms with Crippen molar-refractivity contribution >= 4 is 29.4 Å². The highest BCUT2D eigenvalue weighted by molar-refractivity contribution is 8.06. The minimum Gasteiger partial charge on any atom is -0.477 e. The Kier molecular flexibility index (Phi) is 3.13. The number of β-lactam (4-membered cyclic amide) rings is 1. The number of fused-ring (bicyclic) bond motifs is 2. The van der Waals surface area contributed by atoms with Crippen LogP contribution in [-0.2, 0) is 14.4 Å². The largest absolute Gasteiger partial charge is 0.477 e. The number of hydrogen-bond acceptors (Lipinski definition) is 6. The van der Waals surface area contributed by atoms with Gasteiger partial charge in [-0.25, -0.2) is 4.79 Å². The van der Waals surface area contributed by atoms with E-state index in [0.29, 0.717) is 0 Å². The molecule has 1 aromatic rings. The summed E-state index contributed by atoms with van der Waals surface area (Å²) in [6.45, 7) is 1.32. The molecule has 3 aliphatic rings. The summed E-state index contributed by atoms with van der Waals surface area (Å²) in [4.78, 5) is 33.3. The normalized spacial score (nSPS) is 23.5. The molecule has 1 fully saturated rings. The van der Waals surface area contributed by atoms with E-state index in [1.165, 1.54) is 6.92 Å². The van der Waals surface area contributed by atoms with Crippen LogP contribution in [0, 0.1) is 0 Å². The number of nitrogens with zero attached hydrogens (tertiary/aromatic N) is 1. The average Bonchev–Trinajstić information content (AvgIpc) is 3.17. The molecule has 0 radical (unpaired) electrons. The lowest BCUT2D eigenvalue weighted by molar-refractivity contribution is -0.151. The fourth-order valence-corrected chi connectivity index (χ4v) is 3.58. The quantitative estimate of drug-likeness (QED) is 0.632. The number of rotatable bonds is 2. The summed E-state index contributed by atoms with van der Waals surface area (Å²) in [5, 5.41) is 8.82. The predicted molar refractivity (Wildman–Crippen MR) is 77.8 cm³/mol. The summed E-state index contributed by atoms with van der Waals surface area (Å²) in [6, 6.07) is 7.84. The minimum atomic E-state index is -1.21. The molecule has 22 heavy (non-hydrogen) atoms. The van der Waals surface area contributed by atoms with Gasteiger partial charge in [0.05, 0.1) is 6.42 Å². The lowest BCUT2D eigenvalue weighted by atomic mass is 9.97. The topological polar surface area (TPSA) is 113 Å². The monoisotopic (exact) mass is 320 g/mol. The van der Waals surface area contributed by atoms with Gasteiger partial charge in [-0.3, -0.25) is 14.5 Å². The van der Waals surface area contributed by atoms with Gasteiger partial charge in [0.2, 0.25) is 5.91 Å². The van der Waals surface area contributed by atoms with Gasteiger partial charge in [0.1, 0.15) is 10.7 Å². The number of carboxylic acids is 1. The fourth-order valence-electron chi connectivity index (χ4n) is 2.32. The summed E-state index contributed by atoms with van der Waals surface area (Å²) in [7, 11) is 0. The van der Waals surface area contributed by atoms with Crippen molar-refractivity contribution in [1.29, 1.82) is 0 Å². The van der Waals surface area contributed by atoms with E-state index in [1.54, 1.807) is 0 Å². The van der Waals surface area contributed by atoms with E-state index >= 15 is 0 Å². The molecule has 7 nitrogen and oxygen atoms in total. The Hall–Kier alpha value is -2.48. The summed E-state index contributed by atoms with van der Waals surface area (Å²) in [6.07, 6.45) is 0.0183. The molecule has 3 N–H and O–H groups in total. The minimum absolute atomic E-state index is 0.0183. The standard InChI is InChI=1S/C8H8N2O4S.C6H4O/c1-3(11)8-2-4(12)10(8)6(9)5(15-8)7(13)14;1-2-4-6-5(3-1)7-6/h2,9H2,1H3,(H,13,14);1-4H/t8-;/m0./s1. The van der Waals surface area contributed by atoms with Crippen LogP contribution in [0.4, 0.5) is 0 Å². The van der Waals surface area contributed by atoms with Crippen molar-refractivity contribution in [3.8, 4) is 11.5 Å². The molecule has 1 aromatic carbocycles. The average molecular weight is 320 g/mol. The van der Waals surface area contributed by atoms with E-state index in [1.807, 2.05) is 24.3 Å². The van der Waals surface area contributed by atoms with Gasteiger partial charge in [0.15, 0.2) is 22.2 Å². The van der Waals surface area contributed by atoms with Gasteiger partial charge >= 0.3 is 5.97 Å². The second-order valence-corrected chi connectivity index (χ2v) is 6.20. The number of carboxylic acid groups (broad SMARTS) is 1. The zero-order valence-electron chi connectivity index (χ0n) is 11.5. The highest BCUT2D eigenvalue weighted by Gasteiger charge is 2.62. The van der Waals surface area contributed by atoms with E-state index in [4.69, 9.17) is 15.6 Å². The summed E-state index contributed by atoms with van der Waals surface area (Å²) in [5.74, 6) is 0.155. The number of ether oxygens (including phenoxy) is 1. The van der Waals surface area contributed by atoms with Crippen molar-refractivity contribution in [3.63, 3.8) is 0 Å². The number of amides is 1. The van der Waals surface area contributed by atoms with Crippen LogP contribution in [0.25, 0.3) is 0 Å². The molecular formula is C14H12N2O5S. The van der Waals surface area contributed by atoms with Crippen LogP contribution >= 0.6 is 11.8 Å². The highest BCUT2D eigenvalue weighted by Crippen LogP contribution is 2.53. The number of thioether (sulfide) groups is 1. The molecular weight excluding hydrogens is 308 g/mol. The Morgan fingerprint density at radius 3 is 2.32 bits per heavy atom. The second-order valence-electron chi connectivity index (χ2n) is 4.92.